The summed E-state index contributed by atoms with van der Waals surface area (Å²) in [6.45, 7) is 0.0962. The topological polar surface area (TPSA) is 63.6 Å². The van der Waals surface area contributed by atoms with E-state index in [1.165, 1.54) is 0 Å². The van der Waals surface area contributed by atoms with E-state index in [2.05, 4.69) is 0 Å². The van der Waals surface area contributed by atoms with E-state index in [0.717, 1.165) is 5.56 Å². The third-order valence-corrected chi connectivity index (χ3v) is 4.56. The molecule has 0 amide bonds. The molecule has 2 aromatic carbocycles. The predicted octanol–water partition coefficient (Wildman–Crippen LogP) is 2.17. The van der Waals surface area contributed by atoms with Crippen LogP contribution in [0.1, 0.15) is 11.1 Å². The first kappa shape index (κ1) is 15.5. The summed E-state index contributed by atoms with van der Waals surface area (Å²) in [6, 6.07) is 16.0. The van der Waals surface area contributed by atoms with Crippen molar-refractivity contribution in [2.24, 2.45) is 0 Å². The minimum atomic E-state index is -3.21. The molecule has 0 aliphatic rings. The normalized spacial score (nSPS) is 11.3. The summed E-state index contributed by atoms with van der Waals surface area (Å²) in [5.41, 5.74) is 1.48. The zero-order valence-corrected chi connectivity index (χ0v) is 12.4. The Balaban J connectivity index is 1.86. The smallest absolute Gasteiger partial charge is 0.157 e. The molecular formula is C16H18O4S. The Morgan fingerprint density at radius 1 is 0.905 bits per heavy atom. The lowest BCUT2D eigenvalue weighted by Gasteiger charge is -2.07. The van der Waals surface area contributed by atoms with Crippen molar-refractivity contribution in [2.75, 3.05) is 12.4 Å². The Morgan fingerprint density at radius 3 is 2.14 bits per heavy atom. The number of aliphatic hydroxyl groups is 1. The number of hydrogen-bond acceptors (Lipinski definition) is 4. The van der Waals surface area contributed by atoms with Crippen LogP contribution in [0.2, 0.25) is 0 Å². The highest BCUT2D eigenvalue weighted by Crippen LogP contribution is 2.11. The summed E-state index contributed by atoms with van der Waals surface area (Å²) in [7, 11) is -3.21. The van der Waals surface area contributed by atoms with Crippen LogP contribution in [0.25, 0.3) is 0 Å². The van der Waals surface area contributed by atoms with Gasteiger partial charge >= 0.3 is 0 Å². The molecule has 0 saturated heterocycles. The van der Waals surface area contributed by atoms with Crippen LogP contribution >= 0.6 is 0 Å². The zero-order valence-electron chi connectivity index (χ0n) is 11.6. The maximum atomic E-state index is 12.0. The molecule has 0 aliphatic heterocycles. The van der Waals surface area contributed by atoms with E-state index in [-0.39, 0.29) is 24.7 Å². The highest BCUT2D eigenvalue weighted by atomic mass is 32.2. The summed E-state index contributed by atoms with van der Waals surface area (Å²) in [5, 5.41) is 8.95. The molecule has 0 atom stereocenters. The molecule has 5 heteroatoms. The molecule has 4 nitrogen and oxygen atoms in total. The van der Waals surface area contributed by atoms with Crippen molar-refractivity contribution < 1.29 is 18.3 Å². The lowest BCUT2D eigenvalue weighted by atomic mass is 10.2. The lowest BCUT2D eigenvalue weighted by Crippen LogP contribution is -2.15. The quantitative estimate of drug-likeness (QED) is 0.851. The third kappa shape index (κ3) is 5.21. The van der Waals surface area contributed by atoms with E-state index in [1.807, 2.05) is 18.2 Å². The second-order valence-electron chi connectivity index (χ2n) is 4.73. The van der Waals surface area contributed by atoms with E-state index < -0.39 is 9.84 Å². The maximum Gasteiger partial charge on any atom is 0.157 e. The van der Waals surface area contributed by atoms with Gasteiger partial charge in [0, 0.05) is 0 Å². The fourth-order valence-corrected chi connectivity index (χ4v) is 3.05. The minimum absolute atomic E-state index is 0.0170. The number of aliphatic hydroxyl groups excluding tert-OH is 1. The Hall–Kier alpha value is -1.85. The van der Waals surface area contributed by atoms with Crippen LogP contribution < -0.4 is 4.74 Å². The van der Waals surface area contributed by atoms with Crippen molar-refractivity contribution in [3.63, 3.8) is 0 Å². The average molecular weight is 306 g/mol. The largest absolute Gasteiger partial charge is 0.493 e. The molecule has 0 fully saturated rings. The first-order chi connectivity index (χ1) is 10.1. The van der Waals surface area contributed by atoms with E-state index in [1.54, 1.807) is 36.4 Å². The Kier molecular flexibility index (Phi) is 5.36. The van der Waals surface area contributed by atoms with Gasteiger partial charge in [0.2, 0.25) is 0 Å². The number of benzene rings is 2. The molecule has 2 aromatic rings. The molecule has 0 bridgehead atoms. The highest BCUT2D eigenvalue weighted by molar-refractivity contribution is 7.90. The van der Waals surface area contributed by atoms with Gasteiger partial charge in [-0.2, -0.15) is 0 Å². The molecule has 0 saturated carbocycles. The Labute approximate surface area is 124 Å². The van der Waals surface area contributed by atoms with Crippen molar-refractivity contribution in [1.82, 2.24) is 0 Å². The van der Waals surface area contributed by atoms with Crippen LogP contribution in [0.5, 0.6) is 5.75 Å². The number of rotatable bonds is 7. The van der Waals surface area contributed by atoms with Crippen molar-refractivity contribution >= 4 is 9.84 Å². The fraction of sp³-hybridized carbons (Fsp3) is 0.250. The van der Waals surface area contributed by atoms with Crippen LogP contribution in [0.15, 0.2) is 54.6 Å². The zero-order chi connectivity index (χ0) is 15.1. The van der Waals surface area contributed by atoms with Crippen LogP contribution in [0, 0.1) is 0 Å². The Morgan fingerprint density at radius 2 is 1.52 bits per heavy atom. The molecule has 2 rings (SSSR count). The summed E-state index contributed by atoms with van der Waals surface area (Å²) < 4.78 is 29.4. The lowest BCUT2D eigenvalue weighted by molar-refractivity contribution is 0.282. The van der Waals surface area contributed by atoms with Gasteiger partial charge in [-0.05, 0) is 23.3 Å². The van der Waals surface area contributed by atoms with Crippen LogP contribution in [0.3, 0.4) is 0 Å². The van der Waals surface area contributed by atoms with Gasteiger partial charge in [-0.3, -0.25) is 0 Å². The van der Waals surface area contributed by atoms with E-state index >= 15 is 0 Å². The first-order valence-electron chi connectivity index (χ1n) is 6.66. The Bertz CT molecular complexity index is 648. The average Bonchev–Trinajstić information content (AvgIpc) is 2.48. The second-order valence-corrected chi connectivity index (χ2v) is 6.91. The second kappa shape index (κ2) is 7.24. The van der Waals surface area contributed by atoms with Gasteiger partial charge in [0.1, 0.15) is 12.4 Å². The van der Waals surface area contributed by atoms with Gasteiger partial charge < -0.3 is 9.84 Å². The summed E-state index contributed by atoms with van der Waals surface area (Å²) in [6.07, 6.45) is 0. The maximum absolute atomic E-state index is 12.0. The summed E-state index contributed by atoms with van der Waals surface area (Å²) in [5.74, 6) is 0.625. The monoisotopic (exact) mass is 306 g/mol. The summed E-state index contributed by atoms with van der Waals surface area (Å²) in [4.78, 5) is 0. The molecule has 0 radical (unpaired) electrons. The molecule has 21 heavy (non-hydrogen) atoms. The van der Waals surface area contributed by atoms with Gasteiger partial charge in [-0.25, -0.2) is 8.42 Å². The first-order valence-corrected chi connectivity index (χ1v) is 8.48. The van der Waals surface area contributed by atoms with E-state index in [9.17, 15) is 8.42 Å². The standard InChI is InChI=1S/C16H18O4S/c17-12-14-6-8-15(9-7-14)13-21(18,19)11-10-20-16-4-2-1-3-5-16/h1-9,17H,10-13H2. The molecule has 0 aliphatic carbocycles. The SMILES string of the molecule is O=S(=O)(CCOc1ccccc1)Cc1ccc(CO)cc1. The predicted molar refractivity (Wildman–Crippen MR) is 81.8 cm³/mol. The van der Waals surface area contributed by atoms with E-state index in [0.29, 0.717) is 11.3 Å². The molecule has 0 aromatic heterocycles. The van der Waals surface area contributed by atoms with Crippen molar-refractivity contribution in [2.45, 2.75) is 12.4 Å². The van der Waals surface area contributed by atoms with Gasteiger partial charge in [0.15, 0.2) is 9.84 Å². The third-order valence-electron chi connectivity index (χ3n) is 3.00. The molecule has 1 N–H and O–H groups in total. The number of hydrogen-bond donors (Lipinski definition) is 1. The van der Waals surface area contributed by atoms with Crippen LogP contribution in [-0.4, -0.2) is 25.9 Å². The van der Waals surface area contributed by atoms with Gasteiger partial charge in [0.25, 0.3) is 0 Å². The fourth-order valence-electron chi connectivity index (χ4n) is 1.87. The number of ether oxygens (including phenoxy) is 1. The number of sulfone groups is 1. The number of para-hydroxylation sites is 1. The van der Waals surface area contributed by atoms with E-state index in [4.69, 9.17) is 9.84 Å². The van der Waals surface area contributed by atoms with Crippen LogP contribution in [0.4, 0.5) is 0 Å². The molecule has 0 spiro atoms. The minimum Gasteiger partial charge on any atom is -0.493 e. The van der Waals surface area contributed by atoms with Crippen molar-refractivity contribution in [3.05, 3.63) is 65.7 Å². The van der Waals surface area contributed by atoms with Gasteiger partial charge in [-0.1, -0.05) is 42.5 Å². The molecule has 112 valence electrons. The highest BCUT2D eigenvalue weighted by Gasteiger charge is 2.12. The molecule has 0 heterocycles. The van der Waals surface area contributed by atoms with Crippen molar-refractivity contribution in [3.8, 4) is 5.75 Å². The van der Waals surface area contributed by atoms with Gasteiger partial charge in [-0.15, -0.1) is 0 Å². The summed E-state index contributed by atoms with van der Waals surface area (Å²) >= 11 is 0. The van der Waals surface area contributed by atoms with Gasteiger partial charge in [0.05, 0.1) is 18.1 Å². The molecule has 0 unspecified atom stereocenters. The van der Waals surface area contributed by atoms with Crippen LogP contribution in [-0.2, 0) is 22.2 Å². The van der Waals surface area contributed by atoms with Crippen molar-refractivity contribution in [1.29, 1.82) is 0 Å². The molecular weight excluding hydrogens is 288 g/mol.